The molecule has 0 saturated heterocycles. The second-order valence-corrected chi connectivity index (χ2v) is 3.48. The molecule has 0 aliphatic heterocycles. The molecular formula is C10H13F3N2. The van der Waals surface area contributed by atoms with Crippen LogP contribution in [-0.4, -0.2) is 4.98 Å². The molecule has 1 aromatic rings. The first-order chi connectivity index (χ1) is 6.86. The molecule has 0 spiro atoms. The molecule has 1 unspecified atom stereocenters. The number of nitrogen functional groups attached to an aromatic ring is 1. The van der Waals surface area contributed by atoms with Gasteiger partial charge in [-0.3, -0.25) is 0 Å². The number of rotatable bonds is 2. The summed E-state index contributed by atoms with van der Waals surface area (Å²) in [6.07, 6.45) is -3.76. The Hall–Kier alpha value is -1.26. The summed E-state index contributed by atoms with van der Waals surface area (Å²) in [6, 6.07) is 2.17. The third kappa shape index (κ3) is 2.61. The third-order valence-corrected chi connectivity index (χ3v) is 2.33. The highest BCUT2D eigenvalue weighted by Gasteiger charge is 2.35. The third-order valence-electron chi connectivity index (χ3n) is 2.33. The van der Waals surface area contributed by atoms with Crippen LogP contribution in [0.25, 0.3) is 0 Å². The van der Waals surface area contributed by atoms with Gasteiger partial charge in [-0.15, -0.1) is 0 Å². The van der Waals surface area contributed by atoms with Crippen LogP contribution in [0.2, 0.25) is 0 Å². The minimum absolute atomic E-state index is 0.0324. The summed E-state index contributed by atoms with van der Waals surface area (Å²) in [5.41, 5.74) is 4.73. The van der Waals surface area contributed by atoms with E-state index in [4.69, 9.17) is 5.73 Å². The number of hydrogen-bond acceptors (Lipinski definition) is 2. The molecule has 1 atom stereocenters. The Bertz CT molecular complexity index is 347. The summed E-state index contributed by atoms with van der Waals surface area (Å²) in [5, 5.41) is 0. The second-order valence-electron chi connectivity index (χ2n) is 3.48. The van der Waals surface area contributed by atoms with Crippen LogP contribution in [0.5, 0.6) is 0 Å². The summed E-state index contributed by atoms with van der Waals surface area (Å²) in [7, 11) is 0. The summed E-state index contributed by atoms with van der Waals surface area (Å²) in [4.78, 5) is 3.77. The van der Waals surface area contributed by atoms with Gasteiger partial charge in [0.1, 0.15) is 5.82 Å². The Kier molecular flexibility index (Phi) is 3.21. The lowest BCUT2D eigenvalue weighted by molar-refractivity contribution is -0.138. The van der Waals surface area contributed by atoms with Crippen LogP contribution < -0.4 is 5.73 Å². The van der Waals surface area contributed by atoms with Crippen LogP contribution in [0.3, 0.4) is 0 Å². The maximum Gasteiger partial charge on any atom is 0.418 e. The van der Waals surface area contributed by atoms with Crippen molar-refractivity contribution in [2.75, 3.05) is 5.73 Å². The van der Waals surface area contributed by atoms with Crippen molar-refractivity contribution in [2.24, 2.45) is 0 Å². The lowest BCUT2D eigenvalue weighted by Crippen LogP contribution is -2.13. The van der Waals surface area contributed by atoms with Gasteiger partial charge in [0.25, 0.3) is 0 Å². The van der Waals surface area contributed by atoms with Crippen LogP contribution in [0, 0.1) is 0 Å². The first-order valence-corrected chi connectivity index (χ1v) is 4.69. The average Bonchev–Trinajstić information content (AvgIpc) is 2.14. The van der Waals surface area contributed by atoms with Gasteiger partial charge in [-0.05, 0) is 24.5 Å². The van der Waals surface area contributed by atoms with Crippen molar-refractivity contribution in [1.82, 2.24) is 4.98 Å². The van der Waals surface area contributed by atoms with Crippen molar-refractivity contribution in [3.63, 3.8) is 0 Å². The molecule has 0 aliphatic carbocycles. The second kappa shape index (κ2) is 4.08. The standard InChI is InChI=1S/C10H13F3N2/c1-3-6(2)9-7(10(11,12)13)4-5-8(14)15-9/h4-6H,3H2,1-2H3,(H2,14,15). The van der Waals surface area contributed by atoms with Gasteiger partial charge >= 0.3 is 6.18 Å². The van der Waals surface area contributed by atoms with E-state index in [2.05, 4.69) is 4.98 Å². The Labute approximate surface area is 86.3 Å². The number of hydrogen-bond donors (Lipinski definition) is 1. The highest BCUT2D eigenvalue weighted by molar-refractivity contribution is 5.37. The maximum absolute atomic E-state index is 12.6. The van der Waals surface area contributed by atoms with Gasteiger partial charge in [0.05, 0.1) is 11.3 Å². The van der Waals surface area contributed by atoms with Gasteiger partial charge in [-0.1, -0.05) is 13.8 Å². The molecule has 0 bridgehead atoms. The van der Waals surface area contributed by atoms with Crippen LogP contribution in [0.1, 0.15) is 37.4 Å². The predicted molar refractivity (Wildman–Crippen MR) is 52.4 cm³/mol. The predicted octanol–water partition coefficient (Wildman–Crippen LogP) is 3.20. The lowest BCUT2D eigenvalue weighted by atomic mass is 9.99. The normalized spacial score (nSPS) is 13.9. The van der Waals surface area contributed by atoms with E-state index >= 15 is 0 Å². The number of nitrogens with two attached hydrogens (primary N) is 1. The van der Waals surface area contributed by atoms with Crippen molar-refractivity contribution >= 4 is 5.82 Å². The fraction of sp³-hybridized carbons (Fsp3) is 0.500. The van der Waals surface area contributed by atoms with Crippen molar-refractivity contribution in [3.8, 4) is 0 Å². The molecule has 2 N–H and O–H groups in total. The zero-order valence-electron chi connectivity index (χ0n) is 8.60. The minimum Gasteiger partial charge on any atom is -0.384 e. The van der Waals surface area contributed by atoms with Gasteiger partial charge in [0.15, 0.2) is 0 Å². The average molecular weight is 218 g/mol. The molecule has 0 amide bonds. The van der Waals surface area contributed by atoms with Crippen molar-refractivity contribution in [1.29, 1.82) is 0 Å². The van der Waals surface area contributed by atoms with E-state index in [-0.39, 0.29) is 17.4 Å². The van der Waals surface area contributed by atoms with Gasteiger partial charge < -0.3 is 5.73 Å². The Morgan fingerprint density at radius 1 is 1.40 bits per heavy atom. The van der Waals surface area contributed by atoms with E-state index in [0.29, 0.717) is 6.42 Å². The summed E-state index contributed by atoms with van der Waals surface area (Å²) in [5.74, 6) is -0.122. The van der Waals surface area contributed by atoms with E-state index in [1.54, 1.807) is 6.92 Å². The van der Waals surface area contributed by atoms with Crippen LogP contribution in [0.4, 0.5) is 19.0 Å². The van der Waals surface area contributed by atoms with Gasteiger partial charge in [-0.25, -0.2) is 4.98 Å². The molecule has 0 aromatic carbocycles. The van der Waals surface area contributed by atoms with E-state index < -0.39 is 11.7 Å². The van der Waals surface area contributed by atoms with Crippen LogP contribution in [0.15, 0.2) is 12.1 Å². The lowest BCUT2D eigenvalue weighted by Gasteiger charge is -2.16. The van der Waals surface area contributed by atoms with E-state index in [1.165, 1.54) is 6.07 Å². The number of anilines is 1. The maximum atomic E-state index is 12.6. The molecule has 5 heteroatoms. The number of alkyl halides is 3. The fourth-order valence-electron chi connectivity index (χ4n) is 1.30. The smallest absolute Gasteiger partial charge is 0.384 e. The van der Waals surface area contributed by atoms with E-state index in [1.807, 2.05) is 6.92 Å². The molecule has 84 valence electrons. The summed E-state index contributed by atoms with van der Waals surface area (Å²) in [6.45, 7) is 3.52. The van der Waals surface area contributed by atoms with Crippen molar-refractivity contribution in [2.45, 2.75) is 32.4 Å². The molecule has 1 aromatic heterocycles. The molecular weight excluding hydrogens is 205 g/mol. The molecule has 0 aliphatic rings. The Balaban J connectivity index is 3.27. The number of nitrogens with zero attached hydrogens (tertiary/aromatic N) is 1. The largest absolute Gasteiger partial charge is 0.418 e. The zero-order valence-corrected chi connectivity index (χ0v) is 8.60. The molecule has 0 saturated carbocycles. The van der Waals surface area contributed by atoms with Gasteiger partial charge in [0.2, 0.25) is 0 Å². The first kappa shape index (κ1) is 11.8. The highest BCUT2D eigenvalue weighted by atomic mass is 19.4. The van der Waals surface area contributed by atoms with Crippen molar-refractivity contribution in [3.05, 3.63) is 23.4 Å². The van der Waals surface area contributed by atoms with Gasteiger partial charge in [-0.2, -0.15) is 13.2 Å². The first-order valence-electron chi connectivity index (χ1n) is 4.69. The number of aromatic nitrogens is 1. The zero-order chi connectivity index (χ0) is 11.6. The summed E-state index contributed by atoms with van der Waals surface area (Å²) < 4.78 is 37.8. The number of halogens is 3. The topological polar surface area (TPSA) is 38.9 Å². The van der Waals surface area contributed by atoms with Crippen molar-refractivity contribution < 1.29 is 13.2 Å². The monoisotopic (exact) mass is 218 g/mol. The highest BCUT2D eigenvalue weighted by Crippen LogP contribution is 2.35. The Morgan fingerprint density at radius 3 is 2.47 bits per heavy atom. The van der Waals surface area contributed by atoms with Crippen LogP contribution >= 0.6 is 0 Å². The molecule has 1 rings (SSSR count). The SMILES string of the molecule is CCC(C)c1nc(N)ccc1C(F)(F)F. The number of pyridine rings is 1. The molecule has 15 heavy (non-hydrogen) atoms. The fourth-order valence-corrected chi connectivity index (χ4v) is 1.30. The quantitative estimate of drug-likeness (QED) is 0.827. The van der Waals surface area contributed by atoms with E-state index in [9.17, 15) is 13.2 Å². The summed E-state index contributed by atoms with van der Waals surface area (Å²) >= 11 is 0. The Morgan fingerprint density at radius 2 is 2.00 bits per heavy atom. The van der Waals surface area contributed by atoms with Gasteiger partial charge in [0, 0.05) is 0 Å². The molecule has 2 nitrogen and oxygen atoms in total. The van der Waals surface area contributed by atoms with E-state index in [0.717, 1.165) is 6.07 Å². The minimum atomic E-state index is -4.36. The molecule has 0 radical (unpaired) electrons. The van der Waals surface area contributed by atoms with Crippen LogP contribution in [-0.2, 0) is 6.18 Å². The molecule has 0 fully saturated rings. The molecule has 1 heterocycles.